The van der Waals surface area contributed by atoms with E-state index < -0.39 is 0 Å². The summed E-state index contributed by atoms with van der Waals surface area (Å²) in [4.78, 5) is 12.4. The molecule has 0 aliphatic heterocycles. The third-order valence-corrected chi connectivity index (χ3v) is 3.73. The number of carbonyl (C=O) groups excluding carboxylic acids is 1. The number of amides is 1. The molecule has 0 saturated carbocycles. The van der Waals surface area contributed by atoms with Crippen LogP contribution >= 0.6 is 0 Å². The van der Waals surface area contributed by atoms with Crippen LogP contribution in [0.1, 0.15) is 47.1 Å². The van der Waals surface area contributed by atoms with E-state index in [2.05, 4.69) is 37.4 Å². The largest absolute Gasteiger partial charge is 0.397 e. The summed E-state index contributed by atoms with van der Waals surface area (Å²) in [5.74, 6) is -0.0963. The zero-order valence-electron chi connectivity index (χ0n) is 13.1. The molecular formula is C17H23N3O. The maximum atomic E-state index is 12.4. The minimum atomic E-state index is -0.0963. The summed E-state index contributed by atoms with van der Waals surface area (Å²) in [6.45, 7) is 8.84. The van der Waals surface area contributed by atoms with E-state index in [9.17, 15) is 4.79 Å². The molecule has 1 unspecified atom stereocenters. The average Bonchev–Trinajstić information content (AvgIpc) is 2.79. The van der Waals surface area contributed by atoms with Gasteiger partial charge in [0.05, 0.1) is 11.7 Å². The second-order valence-electron chi connectivity index (χ2n) is 5.50. The van der Waals surface area contributed by atoms with Crippen LogP contribution in [0.25, 0.3) is 0 Å². The Kier molecular flexibility index (Phi) is 4.36. The van der Waals surface area contributed by atoms with Crippen LogP contribution in [0, 0.1) is 13.8 Å². The van der Waals surface area contributed by atoms with E-state index in [1.807, 2.05) is 18.4 Å². The molecule has 3 N–H and O–H groups in total. The summed E-state index contributed by atoms with van der Waals surface area (Å²) < 4.78 is 1.86. The molecule has 21 heavy (non-hydrogen) atoms. The highest BCUT2D eigenvalue weighted by Crippen LogP contribution is 2.19. The van der Waals surface area contributed by atoms with Crippen molar-refractivity contribution in [3.63, 3.8) is 0 Å². The van der Waals surface area contributed by atoms with Crippen molar-refractivity contribution < 1.29 is 4.79 Å². The lowest BCUT2D eigenvalue weighted by atomic mass is 10.0. The molecule has 2 rings (SSSR count). The number of rotatable bonds is 4. The molecule has 0 spiro atoms. The summed E-state index contributed by atoms with van der Waals surface area (Å²) in [5, 5.41) is 3.05. The molecule has 1 aromatic heterocycles. The SMILES string of the molecule is CCn1cc(N)cc1C(=O)NC(C)c1ccc(C)cc1C. The molecule has 0 aliphatic rings. The van der Waals surface area contributed by atoms with Crippen molar-refractivity contribution >= 4 is 11.6 Å². The number of aryl methyl sites for hydroxylation is 3. The highest BCUT2D eigenvalue weighted by Gasteiger charge is 2.16. The van der Waals surface area contributed by atoms with Crippen LogP contribution in [0.3, 0.4) is 0 Å². The van der Waals surface area contributed by atoms with Crippen molar-refractivity contribution in [2.75, 3.05) is 5.73 Å². The van der Waals surface area contributed by atoms with Crippen molar-refractivity contribution in [3.8, 4) is 0 Å². The van der Waals surface area contributed by atoms with Gasteiger partial charge in [0.2, 0.25) is 0 Å². The number of nitrogens with zero attached hydrogens (tertiary/aromatic N) is 1. The molecule has 4 nitrogen and oxygen atoms in total. The van der Waals surface area contributed by atoms with Gasteiger partial charge in [0.25, 0.3) is 5.91 Å². The van der Waals surface area contributed by atoms with Gasteiger partial charge in [0, 0.05) is 12.7 Å². The van der Waals surface area contributed by atoms with E-state index >= 15 is 0 Å². The number of hydrogen-bond donors (Lipinski definition) is 2. The number of aromatic nitrogens is 1. The Morgan fingerprint density at radius 2 is 2.05 bits per heavy atom. The summed E-state index contributed by atoms with van der Waals surface area (Å²) in [6.07, 6.45) is 1.79. The molecule has 0 fully saturated rings. The van der Waals surface area contributed by atoms with Gasteiger partial charge in [0.15, 0.2) is 0 Å². The summed E-state index contributed by atoms with van der Waals surface area (Å²) in [7, 11) is 0. The minimum Gasteiger partial charge on any atom is -0.397 e. The van der Waals surface area contributed by atoms with Gasteiger partial charge in [-0.1, -0.05) is 23.8 Å². The third-order valence-electron chi connectivity index (χ3n) is 3.73. The average molecular weight is 285 g/mol. The molecule has 0 aliphatic carbocycles. The first-order valence-electron chi connectivity index (χ1n) is 7.26. The predicted octanol–water partition coefficient (Wildman–Crippen LogP) is 3.20. The van der Waals surface area contributed by atoms with Gasteiger partial charge in [-0.15, -0.1) is 0 Å². The molecule has 1 aromatic carbocycles. The Morgan fingerprint density at radius 1 is 1.33 bits per heavy atom. The van der Waals surface area contributed by atoms with E-state index in [4.69, 9.17) is 5.73 Å². The van der Waals surface area contributed by atoms with Crippen molar-refractivity contribution in [1.82, 2.24) is 9.88 Å². The van der Waals surface area contributed by atoms with Crippen LogP contribution in [0.5, 0.6) is 0 Å². The Morgan fingerprint density at radius 3 is 2.67 bits per heavy atom. The molecule has 4 heteroatoms. The zero-order valence-corrected chi connectivity index (χ0v) is 13.1. The molecule has 112 valence electrons. The van der Waals surface area contributed by atoms with Crippen LogP contribution in [-0.4, -0.2) is 10.5 Å². The predicted molar refractivity (Wildman–Crippen MR) is 86.3 cm³/mol. The number of nitrogens with one attached hydrogen (secondary N) is 1. The van der Waals surface area contributed by atoms with E-state index in [0.29, 0.717) is 11.4 Å². The molecule has 1 amide bonds. The van der Waals surface area contributed by atoms with Gasteiger partial charge in [-0.2, -0.15) is 0 Å². The first kappa shape index (κ1) is 15.2. The highest BCUT2D eigenvalue weighted by atomic mass is 16.2. The Hall–Kier alpha value is -2.23. The normalized spacial score (nSPS) is 12.2. The standard InChI is InChI=1S/C17H23N3O/c1-5-20-10-14(18)9-16(20)17(21)19-13(4)15-7-6-11(2)8-12(15)3/h6-10,13H,5,18H2,1-4H3,(H,19,21). The molecule has 2 aromatic rings. The van der Waals surface area contributed by atoms with Gasteiger partial charge >= 0.3 is 0 Å². The Balaban J connectivity index is 2.18. The first-order valence-corrected chi connectivity index (χ1v) is 7.26. The van der Waals surface area contributed by atoms with E-state index in [-0.39, 0.29) is 11.9 Å². The maximum Gasteiger partial charge on any atom is 0.268 e. The van der Waals surface area contributed by atoms with Gasteiger partial charge in [-0.05, 0) is 44.9 Å². The van der Waals surface area contributed by atoms with Crippen molar-refractivity contribution in [3.05, 3.63) is 52.8 Å². The lowest BCUT2D eigenvalue weighted by Crippen LogP contribution is -2.28. The number of anilines is 1. The quantitative estimate of drug-likeness (QED) is 0.906. The highest BCUT2D eigenvalue weighted by molar-refractivity contribution is 5.94. The topological polar surface area (TPSA) is 60.0 Å². The Labute approximate surface area is 126 Å². The fraction of sp³-hybridized carbons (Fsp3) is 0.353. The number of nitrogens with two attached hydrogens (primary N) is 1. The number of benzene rings is 1. The van der Waals surface area contributed by atoms with Crippen LogP contribution in [-0.2, 0) is 6.54 Å². The second-order valence-corrected chi connectivity index (χ2v) is 5.50. The lowest BCUT2D eigenvalue weighted by Gasteiger charge is -2.17. The third kappa shape index (κ3) is 3.27. The fourth-order valence-corrected chi connectivity index (χ4v) is 2.64. The summed E-state index contributed by atoms with van der Waals surface area (Å²) in [5.41, 5.74) is 10.5. The van der Waals surface area contributed by atoms with E-state index in [1.165, 1.54) is 11.1 Å². The summed E-state index contributed by atoms with van der Waals surface area (Å²) >= 11 is 0. The second kappa shape index (κ2) is 6.04. The fourth-order valence-electron chi connectivity index (χ4n) is 2.64. The molecule has 0 bridgehead atoms. The monoisotopic (exact) mass is 285 g/mol. The van der Waals surface area contributed by atoms with Crippen LogP contribution in [0.4, 0.5) is 5.69 Å². The van der Waals surface area contributed by atoms with Crippen LogP contribution in [0.2, 0.25) is 0 Å². The molecule has 1 heterocycles. The molecular weight excluding hydrogens is 262 g/mol. The Bertz CT molecular complexity index is 658. The lowest BCUT2D eigenvalue weighted by molar-refractivity contribution is 0.0930. The zero-order chi connectivity index (χ0) is 15.6. The molecule has 1 atom stereocenters. The van der Waals surface area contributed by atoms with Crippen molar-refractivity contribution in [2.45, 2.75) is 40.3 Å². The number of carbonyl (C=O) groups is 1. The van der Waals surface area contributed by atoms with Gasteiger partial charge in [-0.25, -0.2) is 0 Å². The summed E-state index contributed by atoms with van der Waals surface area (Å²) in [6, 6.07) is 7.94. The molecule has 0 saturated heterocycles. The van der Waals surface area contributed by atoms with Crippen molar-refractivity contribution in [2.24, 2.45) is 0 Å². The van der Waals surface area contributed by atoms with Crippen LogP contribution in [0.15, 0.2) is 30.5 Å². The first-order chi connectivity index (χ1) is 9.92. The van der Waals surface area contributed by atoms with Gasteiger partial charge in [0.1, 0.15) is 5.69 Å². The maximum absolute atomic E-state index is 12.4. The molecule has 0 radical (unpaired) electrons. The van der Waals surface area contributed by atoms with E-state index in [0.717, 1.165) is 12.1 Å². The van der Waals surface area contributed by atoms with E-state index in [1.54, 1.807) is 12.3 Å². The number of hydrogen-bond acceptors (Lipinski definition) is 2. The number of nitrogen functional groups attached to an aromatic ring is 1. The van der Waals surface area contributed by atoms with Crippen molar-refractivity contribution in [1.29, 1.82) is 0 Å². The minimum absolute atomic E-state index is 0.0421. The van der Waals surface area contributed by atoms with Crippen LogP contribution < -0.4 is 11.1 Å². The smallest absolute Gasteiger partial charge is 0.268 e. The van der Waals surface area contributed by atoms with Gasteiger partial charge in [-0.3, -0.25) is 4.79 Å². The van der Waals surface area contributed by atoms with Gasteiger partial charge < -0.3 is 15.6 Å².